The van der Waals surface area contributed by atoms with Crippen molar-refractivity contribution in [2.75, 3.05) is 6.61 Å². The van der Waals surface area contributed by atoms with E-state index < -0.39 is 6.04 Å². The van der Waals surface area contributed by atoms with Gasteiger partial charge in [0.2, 0.25) is 5.91 Å². The van der Waals surface area contributed by atoms with E-state index >= 15 is 0 Å². The summed E-state index contributed by atoms with van der Waals surface area (Å²) in [6, 6.07) is 14.4. The Morgan fingerprint density at radius 1 is 1.20 bits per heavy atom. The number of nitrogens with one attached hydrogen (secondary N) is 1. The van der Waals surface area contributed by atoms with Crippen LogP contribution < -0.4 is 10.1 Å². The lowest BCUT2D eigenvalue weighted by Gasteiger charge is -2.35. The average Bonchev–Trinajstić information content (AvgIpc) is 3.24. The van der Waals surface area contributed by atoms with E-state index in [1.165, 1.54) is 0 Å². The lowest BCUT2D eigenvalue weighted by atomic mass is 10.1. The van der Waals surface area contributed by atoms with Gasteiger partial charge in [-0.15, -0.1) is 0 Å². The molecule has 0 fully saturated rings. The molecule has 1 unspecified atom stereocenters. The standard InChI is InChI=1S/C23H24N4O3/c1-2-30-19-8-3-6-17(12-19)14-25-22(28)21-16-26-11-5-9-20(26)23(29)27(21)15-18-7-4-10-24-13-18/h3-13,21H,2,14-16H2,1H3,(H,25,28). The Kier molecular flexibility index (Phi) is 5.79. The van der Waals surface area contributed by atoms with Crippen molar-refractivity contribution in [3.8, 4) is 5.75 Å². The number of carbonyl (C=O) groups excluding carboxylic acids is 2. The fraction of sp³-hybridized carbons (Fsp3) is 0.261. The minimum Gasteiger partial charge on any atom is -0.494 e. The monoisotopic (exact) mass is 404 g/mol. The number of nitrogens with zero attached hydrogens (tertiary/aromatic N) is 3. The lowest BCUT2D eigenvalue weighted by molar-refractivity contribution is -0.126. The number of amides is 2. The molecule has 4 rings (SSSR count). The molecule has 1 atom stereocenters. The highest BCUT2D eigenvalue weighted by atomic mass is 16.5. The zero-order valence-electron chi connectivity index (χ0n) is 16.8. The van der Waals surface area contributed by atoms with Crippen LogP contribution in [0.25, 0.3) is 0 Å². The number of fused-ring (bicyclic) bond motifs is 1. The van der Waals surface area contributed by atoms with E-state index in [2.05, 4.69) is 10.3 Å². The highest BCUT2D eigenvalue weighted by Crippen LogP contribution is 2.21. The molecule has 30 heavy (non-hydrogen) atoms. The molecule has 0 bridgehead atoms. The number of aromatic nitrogens is 2. The van der Waals surface area contributed by atoms with Crippen molar-refractivity contribution in [1.82, 2.24) is 19.8 Å². The summed E-state index contributed by atoms with van der Waals surface area (Å²) in [6.45, 7) is 3.63. The van der Waals surface area contributed by atoms with Crippen LogP contribution in [0.4, 0.5) is 0 Å². The van der Waals surface area contributed by atoms with Crippen molar-refractivity contribution in [3.63, 3.8) is 0 Å². The van der Waals surface area contributed by atoms with Gasteiger partial charge in [0.15, 0.2) is 0 Å². The van der Waals surface area contributed by atoms with Crippen LogP contribution in [0.1, 0.15) is 28.5 Å². The molecular formula is C23H24N4O3. The normalized spacial score (nSPS) is 15.6. The van der Waals surface area contributed by atoms with Crippen molar-refractivity contribution >= 4 is 11.8 Å². The molecule has 2 aromatic heterocycles. The molecule has 154 valence electrons. The first kappa shape index (κ1) is 19.7. The summed E-state index contributed by atoms with van der Waals surface area (Å²) in [4.78, 5) is 31.9. The van der Waals surface area contributed by atoms with Gasteiger partial charge in [0, 0.05) is 31.7 Å². The molecule has 3 aromatic rings. The topological polar surface area (TPSA) is 76.5 Å². The maximum atomic E-state index is 13.1. The van der Waals surface area contributed by atoms with Crippen LogP contribution in [0, 0.1) is 0 Å². The second-order valence-electron chi connectivity index (χ2n) is 7.15. The third kappa shape index (κ3) is 4.20. The van der Waals surface area contributed by atoms with E-state index in [-0.39, 0.29) is 11.8 Å². The van der Waals surface area contributed by atoms with Gasteiger partial charge in [-0.2, -0.15) is 0 Å². The Morgan fingerprint density at radius 3 is 2.87 bits per heavy atom. The minimum atomic E-state index is -0.604. The van der Waals surface area contributed by atoms with E-state index in [0.29, 0.717) is 31.9 Å². The largest absolute Gasteiger partial charge is 0.494 e. The van der Waals surface area contributed by atoms with Gasteiger partial charge in [0.05, 0.1) is 13.2 Å². The second-order valence-corrected chi connectivity index (χ2v) is 7.15. The zero-order chi connectivity index (χ0) is 20.9. The van der Waals surface area contributed by atoms with Gasteiger partial charge >= 0.3 is 0 Å². The maximum Gasteiger partial charge on any atom is 0.271 e. The van der Waals surface area contributed by atoms with Gasteiger partial charge in [-0.05, 0) is 48.4 Å². The fourth-order valence-electron chi connectivity index (χ4n) is 3.65. The summed E-state index contributed by atoms with van der Waals surface area (Å²) in [7, 11) is 0. The molecule has 0 saturated heterocycles. The van der Waals surface area contributed by atoms with Gasteiger partial charge in [0.25, 0.3) is 5.91 Å². The van der Waals surface area contributed by atoms with Crippen molar-refractivity contribution in [2.24, 2.45) is 0 Å². The molecule has 3 heterocycles. The van der Waals surface area contributed by atoms with Crippen molar-refractivity contribution in [2.45, 2.75) is 32.6 Å². The number of hydrogen-bond acceptors (Lipinski definition) is 4. The van der Waals surface area contributed by atoms with Gasteiger partial charge in [-0.3, -0.25) is 14.6 Å². The molecule has 0 radical (unpaired) electrons. The highest BCUT2D eigenvalue weighted by Gasteiger charge is 2.36. The first-order chi connectivity index (χ1) is 14.7. The first-order valence-corrected chi connectivity index (χ1v) is 10.00. The van der Waals surface area contributed by atoms with Crippen LogP contribution in [0.2, 0.25) is 0 Å². The van der Waals surface area contributed by atoms with Gasteiger partial charge < -0.3 is 19.5 Å². The smallest absolute Gasteiger partial charge is 0.271 e. The second kappa shape index (κ2) is 8.82. The molecule has 1 aromatic carbocycles. The van der Waals surface area contributed by atoms with E-state index in [0.717, 1.165) is 16.9 Å². The van der Waals surface area contributed by atoms with Crippen molar-refractivity contribution < 1.29 is 14.3 Å². The Labute approximate surface area is 175 Å². The third-order valence-electron chi connectivity index (χ3n) is 5.11. The van der Waals surface area contributed by atoms with Crippen molar-refractivity contribution in [3.05, 3.63) is 83.9 Å². The Hall–Kier alpha value is -3.61. The SMILES string of the molecule is CCOc1cccc(CNC(=O)C2Cn3cccc3C(=O)N2Cc2cccnc2)c1. The number of pyridine rings is 1. The number of ether oxygens (including phenoxy) is 1. The number of rotatable bonds is 7. The molecule has 0 aliphatic carbocycles. The average molecular weight is 404 g/mol. The molecule has 7 heteroatoms. The first-order valence-electron chi connectivity index (χ1n) is 10.00. The van der Waals surface area contributed by atoms with Crippen LogP contribution in [0.3, 0.4) is 0 Å². The zero-order valence-corrected chi connectivity index (χ0v) is 16.8. The molecule has 7 nitrogen and oxygen atoms in total. The van der Waals surface area contributed by atoms with Crippen LogP contribution in [0.15, 0.2) is 67.1 Å². The number of carbonyl (C=O) groups is 2. The fourth-order valence-corrected chi connectivity index (χ4v) is 3.65. The summed E-state index contributed by atoms with van der Waals surface area (Å²) >= 11 is 0. The summed E-state index contributed by atoms with van der Waals surface area (Å²) in [5.41, 5.74) is 2.41. The Bertz CT molecular complexity index is 1030. The molecule has 1 N–H and O–H groups in total. The summed E-state index contributed by atoms with van der Waals surface area (Å²) in [5.74, 6) is 0.425. The molecular weight excluding hydrogens is 380 g/mol. The van der Waals surface area contributed by atoms with Crippen LogP contribution in [-0.4, -0.2) is 38.9 Å². The van der Waals surface area contributed by atoms with E-state index in [1.54, 1.807) is 23.4 Å². The van der Waals surface area contributed by atoms with E-state index in [4.69, 9.17) is 4.74 Å². The van der Waals surface area contributed by atoms with Crippen LogP contribution in [0.5, 0.6) is 5.75 Å². The quantitative estimate of drug-likeness (QED) is 0.657. The third-order valence-corrected chi connectivity index (χ3v) is 5.11. The summed E-state index contributed by atoms with van der Waals surface area (Å²) < 4.78 is 7.36. The van der Waals surface area contributed by atoms with Gasteiger partial charge in [-0.25, -0.2) is 0 Å². The van der Waals surface area contributed by atoms with E-state index in [1.807, 2.05) is 60.2 Å². The van der Waals surface area contributed by atoms with Gasteiger partial charge in [0.1, 0.15) is 17.5 Å². The molecule has 2 amide bonds. The lowest BCUT2D eigenvalue weighted by Crippen LogP contribution is -2.54. The van der Waals surface area contributed by atoms with E-state index in [9.17, 15) is 9.59 Å². The molecule has 1 aliphatic rings. The number of benzene rings is 1. The predicted molar refractivity (Wildman–Crippen MR) is 112 cm³/mol. The summed E-state index contributed by atoms with van der Waals surface area (Å²) in [5, 5.41) is 2.98. The highest BCUT2D eigenvalue weighted by molar-refractivity contribution is 5.97. The van der Waals surface area contributed by atoms with Crippen molar-refractivity contribution in [1.29, 1.82) is 0 Å². The maximum absolute atomic E-state index is 13.1. The molecule has 0 saturated carbocycles. The Morgan fingerprint density at radius 2 is 2.07 bits per heavy atom. The minimum absolute atomic E-state index is 0.159. The molecule has 0 spiro atoms. The predicted octanol–water partition coefficient (Wildman–Crippen LogP) is 2.62. The molecule has 1 aliphatic heterocycles. The number of hydrogen-bond donors (Lipinski definition) is 1. The summed E-state index contributed by atoms with van der Waals surface area (Å²) in [6.07, 6.45) is 5.24. The van der Waals surface area contributed by atoms with Crippen LogP contribution >= 0.6 is 0 Å². The van der Waals surface area contributed by atoms with Gasteiger partial charge in [-0.1, -0.05) is 18.2 Å². The van der Waals surface area contributed by atoms with Crippen LogP contribution in [-0.2, 0) is 24.4 Å². The Balaban J connectivity index is 1.51.